The summed E-state index contributed by atoms with van der Waals surface area (Å²) in [5, 5.41) is 5.10. The van der Waals surface area contributed by atoms with Gasteiger partial charge in [-0.1, -0.05) is 97.1 Å². The molecule has 6 nitrogen and oxygen atoms in total. The Morgan fingerprint density at radius 2 is 0.705 bits per heavy atom. The maximum Gasteiger partial charge on any atom is 0.160 e. The summed E-state index contributed by atoms with van der Waals surface area (Å²) < 4.78 is 0. The van der Waals surface area contributed by atoms with Crippen molar-refractivity contribution in [3.8, 4) is 0 Å². The smallest absolute Gasteiger partial charge is 0.160 e. The number of nitrogens with zero attached hydrogens (tertiary/aromatic N) is 2. The summed E-state index contributed by atoms with van der Waals surface area (Å²) in [5.41, 5.74) is 23.2. The van der Waals surface area contributed by atoms with E-state index in [1.807, 2.05) is 24.3 Å². The van der Waals surface area contributed by atoms with Crippen LogP contribution in [0.3, 0.4) is 0 Å². The monoisotopic (exact) mass is 614 g/mol. The first-order valence-electron chi connectivity index (χ1n) is 13.5. The van der Waals surface area contributed by atoms with Crippen LogP contribution in [0, 0.1) is 0 Å². The maximum absolute atomic E-state index is 4.62. The van der Waals surface area contributed by atoms with E-state index in [1.54, 1.807) is 24.8 Å². The lowest BCUT2D eigenvalue weighted by atomic mass is 10.1. The normalized spacial score (nSPS) is 10.2. The van der Waals surface area contributed by atoms with Crippen molar-refractivity contribution in [3.05, 3.63) is 156 Å². The van der Waals surface area contributed by atoms with Crippen molar-refractivity contribution < 1.29 is 0 Å². The molecule has 0 unspecified atom stereocenters. The first kappa shape index (κ1) is 33.1. The van der Waals surface area contributed by atoms with Gasteiger partial charge in [0, 0.05) is 24.8 Å². The van der Waals surface area contributed by atoms with Gasteiger partial charge in [-0.25, -0.2) is 0 Å². The van der Waals surface area contributed by atoms with Gasteiger partial charge in [0.2, 0.25) is 0 Å². The van der Waals surface area contributed by atoms with Crippen molar-refractivity contribution in [3.63, 3.8) is 0 Å². The highest BCUT2D eigenvalue weighted by Gasteiger charge is 1.94. The van der Waals surface area contributed by atoms with Crippen LogP contribution >= 0.6 is 24.4 Å². The molecule has 8 N–H and O–H groups in total. The Balaban J connectivity index is 0.000000194. The number of hydrogen-bond acceptors (Lipinski definition) is 4. The molecule has 0 fully saturated rings. The van der Waals surface area contributed by atoms with Crippen molar-refractivity contribution in [1.29, 1.82) is 0 Å². The molecule has 6 rings (SSSR count). The van der Waals surface area contributed by atoms with Crippen molar-refractivity contribution in [2.24, 2.45) is 22.9 Å². The van der Waals surface area contributed by atoms with Gasteiger partial charge in [0.1, 0.15) is 0 Å². The fraction of sp³-hybridized carbons (Fsp3) is 0. The largest absolute Gasteiger partial charge is 0.377 e. The molecular weight excluding hydrogens is 581 g/mol. The lowest BCUT2D eigenvalue weighted by Crippen LogP contribution is -2.18. The molecular formula is C36H34N6S2. The molecule has 0 spiro atoms. The van der Waals surface area contributed by atoms with Crippen LogP contribution in [-0.2, 0) is 0 Å². The van der Waals surface area contributed by atoms with Crippen LogP contribution in [0.15, 0.2) is 134 Å². The fourth-order valence-electron chi connectivity index (χ4n) is 3.96. The Labute approximate surface area is 268 Å². The number of nitrogens with two attached hydrogens (primary N) is 4. The Morgan fingerprint density at radius 1 is 0.409 bits per heavy atom. The molecule has 0 saturated heterocycles. The lowest BCUT2D eigenvalue weighted by molar-refractivity contribution is 1.32. The van der Waals surface area contributed by atoms with Crippen LogP contribution in [0.25, 0.3) is 45.8 Å². The van der Waals surface area contributed by atoms with E-state index in [9.17, 15) is 0 Å². The average Bonchev–Trinajstić information content (AvgIpc) is 3.03. The molecule has 0 atom stereocenters. The summed E-state index contributed by atoms with van der Waals surface area (Å²) >= 11 is 8.19. The quantitative estimate of drug-likeness (QED) is 0.154. The Bertz CT molecular complexity index is 1690. The van der Waals surface area contributed by atoms with E-state index < -0.39 is 0 Å². The molecule has 0 aliphatic rings. The zero-order chi connectivity index (χ0) is 31.6. The number of benzene rings is 4. The number of aromatic nitrogens is 2. The number of pyridine rings is 2. The first-order chi connectivity index (χ1) is 21.3. The SMILES string of the molecule is C(=C\c1ccc2ccccc2c1)/c1ccncc1.C(=C\c1ccc2ccccc2c1)/c1ccncc1.NC(N)=S.NC(N)=S. The molecule has 0 saturated carbocycles. The Kier molecular flexibility index (Phi) is 13.7. The third kappa shape index (κ3) is 12.6. The van der Waals surface area contributed by atoms with Gasteiger partial charge in [-0.15, -0.1) is 0 Å². The summed E-state index contributed by atoms with van der Waals surface area (Å²) in [6.07, 6.45) is 15.7. The van der Waals surface area contributed by atoms with Crippen molar-refractivity contribution in [2.45, 2.75) is 0 Å². The number of fused-ring (bicyclic) bond motifs is 2. The second-order valence-corrected chi connectivity index (χ2v) is 10.2. The molecule has 220 valence electrons. The molecule has 8 heteroatoms. The molecule has 0 aliphatic carbocycles. The summed E-state index contributed by atoms with van der Waals surface area (Å²) in [6.45, 7) is 0. The average molecular weight is 615 g/mol. The van der Waals surface area contributed by atoms with Crippen LogP contribution in [0.1, 0.15) is 22.3 Å². The minimum atomic E-state index is 0.000000000000000222. The third-order valence-corrected chi connectivity index (χ3v) is 5.90. The number of rotatable bonds is 4. The van der Waals surface area contributed by atoms with Crippen LogP contribution in [-0.4, -0.2) is 20.2 Å². The Morgan fingerprint density at radius 3 is 1.05 bits per heavy atom. The molecule has 44 heavy (non-hydrogen) atoms. The molecule has 0 aliphatic heterocycles. The van der Waals surface area contributed by atoms with E-state index in [2.05, 4.69) is 167 Å². The fourth-order valence-corrected chi connectivity index (χ4v) is 3.96. The van der Waals surface area contributed by atoms with Gasteiger partial charge < -0.3 is 22.9 Å². The summed E-state index contributed by atoms with van der Waals surface area (Å²) in [5.74, 6) is 0. The minimum absolute atomic E-state index is 0.000000000000000222. The van der Waals surface area contributed by atoms with Crippen LogP contribution in [0.2, 0.25) is 0 Å². The minimum Gasteiger partial charge on any atom is -0.377 e. The zero-order valence-corrected chi connectivity index (χ0v) is 25.7. The van der Waals surface area contributed by atoms with E-state index in [0.29, 0.717) is 0 Å². The van der Waals surface area contributed by atoms with Gasteiger partial charge in [-0.3, -0.25) is 9.97 Å². The van der Waals surface area contributed by atoms with Crippen molar-refractivity contribution in [2.75, 3.05) is 0 Å². The predicted molar refractivity (Wildman–Crippen MR) is 196 cm³/mol. The van der Waals surface area contributed by atoms with E-state index in [-0.39, 0.29) is 10.2 Å². The molecule has 6 aromatic rings. The second kappa shape index (κ2) is 18.2. The second-order valence-electron chi connectivity index (χ2n) is 9.25. The van der Waals surface area contributed by atoms with Crippen LogP contribution in [0.4, 0.5) is 0 Å². The molecule has 4 aromatic carbocycles. The summed E-state index contributed by atoms with van der Waals surface area (Å²) in [6, 6.07) is 37.8. The highest BCUT2D eigenvalue weighted by molar-refractivity contribution is 7.80. The molecule has 0 bridgehead atoms. The summed E-state index contributed by atoms with van der Waals surface area (Å²) in [7, 11) is 0. The standard InChI is InChI=1S/2C17H13N.2CH4N2S/c2*1-2-4-17-13-15(7-8-16(17)3-1)6-5-14-9-11-18-12-10-14;2*2-1(3)4/h2*1-13H;2*(H4,2,3,4)/b2*6-5+;;. The van der Waals surface area contributed by atoms with Gasteiger partial charge in [-0.05, 0) is 105 Å². The lowest BCUT2D eigenvalue weighted by Gasteiger charge is -1.99. The van der Waals surface area contributed by atoms with Crippen LogP contribution < -0.4 is 22.9 Å². The molecule has 2 aromatic heterocycles. The summed E-state index contributed by atoms with van der Waals surface area (Å²) in [4.78, 5) is 8.01. The van der Waals surface area contributed by atoms with E-state index in [4.69, 9.17) is 0 Å². The first-order valence-corrected chi connectivity index (χ1v) is 14.4. The predicted octanol–water partition coefficient (Wildman–Crippen LogP) is 7.19. The van der Waals surface area contributed by atoms with Gasteiger partial charge in [0.15, 0.2) is 10.2 Å². The van der Waals surface area contributed by atoms with Gasteiger partial charge >= 0.3 is 0 Å². The third-order valence-electron chi connectivity index (χ3n) is 5.90. The van der Waals surface area contributed by atoms with Gasteiger partial charge in [0.25, 0.3) is 0 Å². The Hall–Kier alpha value is -5.44. The maximum atomic E-state index is 4.62. The number of hydrogen-bond donors (Lipinski definition) is 4. The van der Waals surface area contributed by atoms with Crippen LogP contribution in [0.5, 0.6) is 0 Å². The molecule has 0 radical (unpaired) electrons. The zero-order valence-electron chi connectivity index (χ0n) is 24.0. The van der Waals surface area contributed by atoms with E-state index >= 15 is 0 Å². The van der Waals surface area contributed by atoms with Crippen molar-refractivity contribution >= 4 is 80.5 Å². The highest BCUT2D eigenvalue weighted by Crippen LogP contribution is 2.18. The van der Waals surface area contributed by atoms with Crippen molar-refractivity contribution in [1.82, 2.24) is 9.97 Å². The topological polar surface area (TPSA) is 130 Å². The van der Waals surface area contributed by atoms with E-state index in [1.165, 1.54) is 32.7 Å². The van der Waals surface area contributed by atoms with Gasteiger partial charge in [-0.2, -0.15) is 0 Å². The van der Waals surface area contributed by atoms with Gasteiger partial charge in [0.05, 0.1) is 0 Å². The molecule has 2 heterocycles. The van der Waals surface area contributed by atoms with E-state index in [0.717, 1.165) is 11.1 Å². The highest BCUT2D eigenvalue weighted by atomic mass is 32.1. The number of thiocarbonyl (C=S) groups is 2. The molecule has 0 amide bonds.